The molecule has 4 atom stereocenters. The van der Waals surface area contributed by atoms with Crippen molar-refractivity contribution >= 4 is 17.5 Å². The lowest BCUT2D eigenvalue weighted by Crippen LogP contribution is -2.63. The molecule has 0 radical (unpaired) electrons. The van der Waals surface area contributed by atoms with Crippen molar-refractivity contribution in [2.24, 2.45) is 17.6 Å². The maximum atomic E-state index is 13.3. The molecule has 0 spiro atoms. The van der Waals surface area contributed by atoms with Gasteiger partial charge in [-0.3, -0.25) is 19.3 Å². The first-order valence-corrected chi connectivity index (χ1v) is 9.89. The number of ketones is 2. The zero-order chi connectivity index (χ0) is 23.0. The van der Waals surface area contributed by atoms with Crippen LogP contribution in [0, 0.1) is 18.8 Å². The van der Waals surface area contributed by atoms with E-state index in [9.17, 15) is 34.8 Å². The van der Waals surface area contributed by atoms with E-state index < -0.39 is 58.0 Å². The largest absolute Gasteiger partial charge is 0.510 e. The van der Waals surface area contributed by atoms with Crippen LogP contribution in [-0.4, -0.2) is 68.5 Å². The van der Waals surface area contributed by atoms with Gasteiger partial charge in [0.2, 0.25) is 5.78 Å². The molecule has 9 heteroatoms. The molecule has 2 unspecified atom stereocenters. The zero-order valence-corrected chi connectivity index (χ0v) is 17.3. The van der Waals surface area contributed by atoms with Crippen molar-refractivity contribution in [3.8, 4) is 5.75 Å². The summed E-state index contributed by atoms with van der Waals surface area (Å²) in [5.74, 6) is -6.41. The van der Waals surface area contributed by atoms with Crippen LogP contribution in [0.4, 0.5) is 0 Å². The van der Waals surface area contributed by atoms with Gasteiger partial charge in [0, 0.05) is 11.5 Å². The molecule has 6 N–H and O–H groups in total. The van der Waals surface area contributed by atoms with E-state index in [0.29, 0.717) is 12.0 Å². The molecule has 0 saturated heterocycles. The summed E-state index contributed by atoms with van der Waals surface area (Å²) in [4.78, 5) is 39.8. The Balaban J connectivity index is 1.98. The highest BCUT2D eigenvalue weighted by atomic mass is 16.3. The molecular formula is C22H24N2O7. The Morgan fingerprint density at radius 2 is 1.84 bits per heavy atom. The lowest BCUT2D eigenvalue weighted by atomic mass is 9.58. The number of allylic oxidation sites excluding steroid dienone is 1. The molecule has 0 bridgehead atoms. The predicted octanol–water partition coefficient (Wildman–Crippen LogP) is 0.429. The van der Waals surface area contributed by atoms with Crippen molar-refractivity contribution in [2.45, 2.75) is 31.4 Å². The Kier molecular flexibility index (Phi) is 4.53. The van der Waals surface area contributed by atoms with Gasteiger partial charge in [0.25, 0.3) is 5.91 Å². The second-order valence-electron chi connectivity index (χ2n) is 8.72. The minimum Gasteiger partial charge on any atom is -0.510 e. The maximum absolute atomic E-state index is 13.3. The fraction of sp³-hybridized carbons (Fsp3) is 0.409. The molecular weight excluding hydrogens is 404 g/mol. The van der Waals surface area contributed by atoms with Crippen LogP contribution in [0.15, 0.2) is 34.8 Å². The number of phenols is 1. The normalized spacial score (nSPS) is 30.3. The van der Waals surface area contributed by atoms with Crippen LogP contribution in [0.1, 0.15) is 27.9 Å². The summed E-state index contributed by atoms with van der Waals surface area (Å²) in [7, 11) is 3.19. The first-order chi connectivity index (χ1) is 14.4. The molecule has 3 aliphatic carbocycles. The molecule has 4 rings (SSSR count). The number of aromatic hydroxyl groups is 1. The molecule has 1 aromatic carbocycles. The highest BCUT2D eigenvalue weighted by Crippen LogP contribution is 2.52. The van der Waals surface area contributed by atoms with E-state index >= 15 is 0 Å². The summed E-state index contributed by atoms with van der Waals surface area (Å²) in [6.45, 7) is 1.81. The highest BCUT2D eigenvalue weighted by Gasteiger charge is 2.63. The number of fused-ring (bicyclic) bond motifs is 3. The van der Waals surface area contributed by atoms with Crippen LogP contribution in [0.2, 0.25) is 0 Å². The number of carbonyl (C=O) groups is 3. The lowest BCUT2D eigenvalue weighted by Gasteiger charge is -2.50. The number of primary amides is 1. The summed E-state index contributed by atoms with van der Waals surface area (Å²) in [6.07, 6.45) is 0.385. The third kappa shape index (κ3) is 2.60. The van der Waals surface area contributed by atoms with E-state index in [1.54, 1.807) is 27.1 Å². The number of carbonyl (C=O) groups excluding carboxylic acids is 3. The number of nitrogens with zero attached hydrogens (tertiary/aromatic N) is 1. The van der Waals surface area contributed by atoms with Gasteiger partial charge in [0.05, 0.1) is 11.6 Å². The van der Waals surface area contributed by atoms with Crippen LogP contribution >= 0.6 is 0 Å². The number of nitrogens with two attached hydrogens (primary N) is 1. The smallest absolute Gasteiger partial charge is 0.255 e. The van der Waals surface area contributed by atoms with Gasteiger partial charge in [-0.15, -0.1) is 0 Å². The molecule has 3 aliphatic rings. The fourth-order valence-electron chi connectivity index (χ4n) is 5.41. The zero-order valence-electron chi connectivity index (χ0n) is 17.3. The minimum absolute atomic E-state index is 0.0285. The van der Waals surface area contributed by atoms with E-state index in [1.165, 1.54) is 11.0 Å². The Labute approximate surface area is 178 Å². The first kappa shape index (κ1) is 21.1. The number of aliphatic hydroxyl groups is 3. The maximum Gasteiger partial charge on any atom is 0.255 e. The summed E-state index contributed by atoms with van der Waals surface area (Å²) in [5, 5.41) is 43.5. The summed E-state index contributed by atoms with van der Waals surface area (Å²) < 4.78 is 0. The van der Waals surface area contributed by atoms with Crippen molar-refractivity contribution in [1.29, 1.82) is 0 Å². The van der Waals surface area contributed by atoms with Crippen molar-refractivity contribution in [3.05, 3.63) is 51.5 Å². The summed E-state index contributed by atoms with van der Waals surface area (Å²) >= 11 is 0. The van der Waals surface area contributed by atoms with Gasteiger partial charge >= 0.3 is 0 Å². The molecule has 0 aliphatic heterocycles. The van der Waals surface area contributed by atoms with Gasteiger partial charge in [0.1, 0.15) is 22.8 Å². The van der Waals surface area contributed by atoms with Gasteiger partial charge in [-0.25, -0.2) is 0 Å². The molecule has 1 aromatic rings. The molecule has 9 nitrogen and oxygen atoms in total. The number of hydrogen-bond acceptors (Lipinski definition) is 8. The second-order valence-corrected chi connectivity index (χ2v) is 8.72. The molecule has 0 saturated carbocycles. The van der Waals surface area contributed by atoms with Crippen molar-refractivity contribution in [2.75, 3.05) is 14.1 Å². The lowest BCUT2D eigenvalue weighted by molar-refractivity contribution is -0.148. The fourth-order valence-corrected chi connectivity index (χ4v) is 5.41. The molecule has 164 valence electrons. The summed E-state index contributed by atoms with van der Waals surface area (Å²) in [5.41, 5.74) is 3.18. The van der Waals surface area contributed by atoms with Crippen molar-refractivity contribution in [1.82, 2.24) is 4.90 Å². The number of rotatable bonds is 2. The monoisotopic (exact) mass is 428 g/mol. The number of Topliss-reactive ketones (excluding diaryl/α,β-unsaturated/α-hetero) is 2. The van der Waals surface area contributed by atoms with E-state index in [1.807, 2.05) is 0 Å². The number of aliphatic hydroxyl groups excluding tert-OH is 2. The van der Waals surface area contributed by atoms with Crippen LogP contribution < -0.4 is 5.73 Å². The second kappa shape index (κ2) is 6.66. The Hall–Kier alpha value is -3.17. The van der Waals surface area contributed by atoms with Gasteiger partial charge in [0.15, 0.2) is 11.4 Å². The molecule has 0 aromatic heterocycles. The number of phenolic OH excluding ortho intramolecular Hbond substituents is 1. The Morgan fingerprint density at radius 3 is 2.42 bits per heavy atom. The molecule has 31 heavy (non-hydrogen) atoms. The van der Waals surface area contributed by atoms with E-state index in [4.69, 9.17) is 5.73 Å². The average Bonchev–Trinajstić information content (AvgIpc) is 2.67. The quantitative estimate of drug-likeness (QED) is 0.424. The van der Waals surface area contributed by atoms with Gasteiger partial charge in [-0.05, 0) is 57.0 Å². The van der Waals surface area contributed by atoms with Crippen LogP contribution in [0.5, 0.6) is 5.75 Å². The van der Waals surface area contributed by atoms with Crippen LogP contribution in [0.25, 0.3) is 0 Å². The average molecular weight is 428 g/mol. The van der Waals surface area contributed by atoms with E-state index in [2.05, 4.69) is 0 Å². The number of hydrogen-bond donors (Lipinski definition) is 5. The number of amides is 1. The van der Waals surface area contributed by atoms with Crippen LogP contribution in [-0.2, 0) is 16.0 Å². The Morgan fingerprint density at radius 1 is 1.19 bits per heavy atom. The number of benzene rings is 1. The molecule has 1 amide bonds. The van der Waals surface area contributed by atoms with Crippen molar-refractivity contribution in [3.63, 3.8) is 0 Å². The van der Waals surface area contributed by atoms with Gasteiger partial charge < -0.3 is 26.2 Å². The highest BCUT2D eigenvalue weighted by molar-refractivity contribution is 6.24. The topological polar surface area (TPSA) is 161 Å². The summed E-state index contributed by atoms with van der Waals surface area (Å²) in [6, 6.07) is 2.08. The SMILES string of the molecule is Cc1ccc(O)c2c1CC1CC3[C@H](N(C)C)C(O)=C(C(N)=O)C(=O)[C@@]3(O)C(O)=C1C2=O. The third-order valence-corrected chi connectivity index (χ3v) is 6.84. The number of likely N-dealkylation sites (N-methyl/N-ethyl adjacent to an activating group) is 1. The predicted molar refractivity (Wildman–Crippen MR) is 108 cm³/mol. The number of aryl methyl sites for hydroxylation is 1. The minimum atomic E-state index is -2.61. The first-order valence-electron chi connectivity index (χ1n) is 9.89. The standard InChI is InChI=1S/C22H24N2O7/c1-8-4-5-12(25)14-10(8)6-9-7-11-16(24(2)3)18(27)15(21(23)30)20(29)22(11,31)19(28)13(9)17(14)26/h4-5,9,11,16,25,27-28,31H,6-7H2,1-3H3,(H2,23,30)/t9?,11?,16-,22-/m0/s1. The third-order valence-electron chi connectivity index (χ3n) is 6.84. The van der Waals surface area contributed by atoms with Crippen LogP contribution in [0.3, 0.4) is 0 Å². The van der Waals surface area contributed by atoms with E-state index in [0.717, 1.165) is 5.56 Å². The molecule has 0 fully saturated rings. The van der Waals surface area contributed by atoms with Gasteiger partial charge in [-0.1, -0.05) is 6.07 Å². The van der Waals surface area contributed by atoms with Gasteiger partial charge in [-0.2, -0.15) is 0 Å². The van der Waals surface area contributed by atoms with E-state index in [-0.39, 0.29) is 23.3 Å². The Bertz CT molecular complexity index is 1120. The van der Waals surface area contributed by atoms with Crippen molar-refractivity contribution < 1.29 is 34.8 Å². The molecule has 0 heterocycles.